The Morgan fingerprint density at radius 3 is 2.43 bits per heavy atom. The van der Waals surface area contributed by atoms with Crippen molar-refractivity contribution in [1.29, 1.82) is 0 Å². The van der Waals surface area contributed by atoms with Crippen LogP contribution < -0.4 is 10.6 Å². The van der Waals surface area contributed by atoms with E-state index >= 15 is 0 Å². The molecule has 0 aliphatic carbocycles. The van der Waals surface area contributed by atoms with Crippen LogP contribution in [-0.4, -0.2) is 69.7 Å². The normalized spacial score (nSPS) is 12.7. The second-order valence-electron chi connectivity index (χ2n) is 5.46. The molecule has 0 heterocycles. The Bertz CT molecular complexity index is 353. The maximum Gasteiger partial charge on any atom is 0.246 e. The van der Waals surface area contributed by atoms with E-state index in [1.54, 1.807) is 13.8 Å². The van der Waals surface area contributed by atoms with Crippen molar-refractivity contribution in [2.75, 3.05) is 46.1 Å². The molecule has 0 spiro atoms. The monoisotopic (exact) mass is 336 g/mol. The van der Waals surface area contributed by atoms with E-state index < -0.39 is 11.8 Å². The first-order valence-electron chi connectivity index (χ1n) is 7.74. The van der Waals surface area contributed by atoms with Crippen LogP contribution in [0.5, 0.6) is 0 Å². The van der Waals surface area contributed by atoms with Gasteiger partial charge in [0.1, 0.15) is 12.8 Å². The summed E-state index contributed by atoms with van der Waals surface area (Å²) in [5, 5.41) is 5.06. The van der Waals surface area contributed by atoms with Gasteiger partial charge in [-0.05, 0) is 20.8 Å². The second-order valence-corrected chi connectivity index (χ2v) is 5.46. The van der Waals surface area contributed by atoms with Gasteiger partial charge in [-0.25, -0.2) is 4.39 Å². The van der Waals surface area contributed by atoms with Gasteiger partial charge in [0.05, 0.1) is 32.0 Å². The highest BCUT2D eigenvalue weighted by Gasteiger charge is 2.30. The van der Waals surface area contributed by atoms with Crippen LogP contribution in [0.15, 0.2) is 0 Å². The van der Waals surface area contributed by atoms with E-state index in [1.165, 1.54) is 6.92 Å². The number of carbonyl (C=O) groups is 2. The summed E-state index contributed by atoms with van der Waals surface area (Å²) in [6, 6.07) is 0. The Balaban J connectivity index is 3.65. The van der Waals surface area contributed by atoms with Gasteiger partial charge in [0.25, 0.3) is 0 Å². The maximum atomic E-state index is 13.9. The lowest BCUT2D eigenvalue weighted by atomic mass is 10.0. The second kappa shape index (κ2) is 12.2. The molecular formula is C15H29FN2O5. The number of alkyl halides is 1. The van der Waals surface area contributed by atoms with Gasteiger partial charge in [0.2, 0.25) is 11.8 Å². The molecule has 0 saturated carbocycles. The lowest BCUT2D eigenvalue weighted by Gasteiger charge is -2.29. The molecule has 0 fully saturated rings. The summed E-state index contributed by atoms with van der Waals surface area (Å²) < 4.78 is 29.6. The molecule has 0 radical (unpaired) electrons. The Morgan fingerprint density at radius 2 is 1.83 bits per heavy atom. The van der Waals surface area contributed by atoms with Gasteiger partial charge in [0.15, 0.2) is 0 Å². The summed E-state index contributed by atoms with van der Waals surface area (Å²) in [5.74, 6) is -0.468. The predicted molar refractivity (Wildman–Crippen MR) is 83.9 cm³/mol. The van der Waals surface area contributed by atoms with Crippen molar-refractivity contribution in [3.63, 3.8) is 0 Å². The van der Waals surface area contributed by atoms with Crippen molar-refractivity contribution in [3.05, 3.63) is 0 Å². The number of amides is 2. The van der Waals surface area contributed by atoms with Crippen molar-refractivity contribution in [1.82, 2.24) is 10.6 Å². The van der Waals surface area contributed by atoms with Crippen LogP contribution in [0, 0.1) is 0 Å². The molecule has 0 aromatic rings. The van der Waals surface area contributed by atoms with Gasteiger partial charge in [-0.1, -0.05) is 0 Å². The topological polar surface area (TPSA) is 85.9 Å². The highest BCUT2D eigenvalue weighted by atomic mass is 19.1. The Kier molecular flexibility index (Phi) is 11.5. The van der Waals surface area contributed by atoms with Crippen molar-refractivity contribution < 1.29 is 28.2 Å². The molecule has 1 atom stereocenters. The van der Waals surface area contributed by atoms with E-state index in [0.29, 0.717) is 19.8 Å². The van der Waals surface area contributed by atoms with E-state index in [1.807, 2.05) is 6.92 Å². The van der Waals surface area contributed by atoms with E-state index in [-0.39, 0.29) is 38.2 Å². The maximum absolute atomic E-state index is 13.9. The number of hydrogen-bond donors (Lipinski definition) is 2. The third kappa shape index (κ3) is 11.9. The molecule has 23 heavy (non-hydrogen) atoms. The molecule has 136 valence electrons. The van der Waals surface area contributed by atoms with Crippen molar-refractivity contribution in [3.8, 4) is 0 Å². The van der Waals surface area contributed by atoms with Crippen LogP contribution >= 0.6 is 0 Å². The number of halogens is 1. The van der Waals surface area contributed by atoms with Crippen LogP contribution in [0.3, 0.4) is 0 Å². The minimum atomic E-state index is -1.32. The largest absolute Gasteiger partial charge is 0.377 e. The molecule has 0 saturated heterocycles. The molecule has 1 unspecified atom stereocenters. The van der Waals surface area contributed by atoms with Gasteiger partial charge in [-0.15, -0.1) is 0 Å². The van der Waals surface area contributed by atoms with Gasteiger partial charge in [-0.3, -0.25) is 9.59 Å². The van der Waals surface area contributed by atoms with Gasteiger partial charge in [0, 0.05) is 20.1 Å². The van der Waals surface area contributed by atoms with Crippen molar-refractivity contribution >= 4 is 11.8 Å². The standard InChI is InChI=1S/C15H29FN2O5/c1-5-21-11-14(20)17-6-7-22-8-9-23-15(3,4)13(16)10-18-12(2)19/h13H,5-11H2,1-4H3,(H,17,20)(H,18,19). The average molecular weight is 336 g/mol. The summed E-state index contributed by atoms with van der Waals surface area (Å²) in [5.41, 5.74) is -1.02. The van der Waals surface area contributed by atoms with E-state index in [2.05, 4.69) is 10.6 Å². The summed E-state index contributed by atoms with van der Waals surface area (Å²) >= 11 is 0. The number of ether oxygens (including phenoxy) is 3. The lowest BCUT2D eigenvalue weighted by Crippen LogP contribution is -2.44. The number of hydrogen-bond acceptors (Lipinski definition) is 5. The first kappa shape index (κ1) is 21.8. The molecular weight excluding hydrogens is 307 g/mol. The van der Waals surface area contributed by atoms with E-state index in [0.717, 1.165) is 0 Å². The zero-order valence-electron chi connectivity index (χ0n) is 14.4. The Hall–Kier alpha value is -1.25. The van der Waals surface area contributed by atoms with Crippen LogP contribution in [-0.2, 0) is 23.8 Å². The molecule has 0 rings (SSSR count). The van der Waals surface area contributed by atoms with Gasteiger partial charge < -0.3 is 24.8 Å². The number of carbonyl (C=O) groups excluding carboxylic acids is 2. The summed E-state index contributed by atoms with van der Waals surface area (Å²) in [7, 11) is 0. The Labute approximate surface area is 137 Å². The summed E-state index contributed by atoms with van der Waals surface area (Å²) in [6.07, 6.45) is -1.32. The van der Waals surface area contributed by atoms with E-state index in [4.69, 9.17) is 14.2 Å². The minimum Gasteiger partial charge on any atom is -0.377 e. The molecule has 0 aliphatic heterocycles. The number of nitrogens with one attached hydrogen (secondary N) is 2. The summed E-state index contributed by atoms with van der Waals surface area (Å²) in [6.45, 7) is 8.07. The third-order valence-electron chi connectivity index (χ3n) is 2.99. The van der Waals surface area contributed by atoms with Crippen LogP contribution in [0.25, 0.3) is 0 Å². The quantitative estimate of drug-likeness (QED) is 0.476. The van der Waals surface area contributed by atoms with Crippen molar-refractivity contribution in [2.45, 2.75) is 39.5 Å². The summed E-state index contributed by atoms with van der Waals surface area (Å²) in [4.78, 5) is 22.0. The molecule has 2 amide bonds. The first-order chi connectivity index (χ1) is 10.8. The minimum absolute atomic E-state index is 0.0417. The van der Waals surface area contributed by atoms with Crippen LogP contribution in [0.1, 0.15) is 27.7 Å². The number of rotatable bonds is 13. The molecule has 8 heteroatoms. The van der Waals surface area contributed by atoms with E-state index in [9.17, 15) is 14.0 Å². The highest BCUT2D eigenvalue weighted by Crippen LogP contribution is 2.17. The van der Waals surface area contributed by atoms with Crippen LogP contribution in [0.2, 0.25) is 0 Å². The first-order valence-corrected chi connectivity index (χ1v) is 7.74. The third-order valence-corrected chi connectivity index (χ3v) is 2.99. The molecule has 7 nitrogen and oxygen atoms in total. The zero-order chi connectivity index (χ0) is 17.7. The smallest absolute Gasteiger partial charge is 0.246 e. The molecule has 2 N–H and O–H groups in total. The molecule has 0 bridgehead atoms. The SMILES string of the molecule is CCOCC(=O)NCCOCCOC(C)(C)C(F)CNC(C)=O. The van der Waals surface area contributed by atoms with Gasteiger partial charge in [-0.2, -0.15) is 0 Å². The Morgan fingerprint density at radius 1 is 1.13 bits per heavy atom. The predicted octanol–water partition coefficient (Wildman–Crippen LogP) is 0.425. The highest BCUT2D eigenvalue weighted by molar-refractivity contribution is 5.77. The van der Waals surface area contributed by atoms with Crippen LogP contribution in [0.4, 0.5) is 4.39 Å². The van der Waals surface area contributed by atoms with Crippen molar-refractivity contribution in [2.24, 2.45) is 0 Å². The van der Waals surface area contributed by atoms with Gasteiger partial charge >= 0.3 is 0 Å². The molecule has 0 aromatic carbocycles. The zero-order valence-corrected chi connectivity index (χ0v) is 14.4. The molecule has 0 aromatic heterocycles. The average Bonchev–Trinajstić information content (AvgIpc) is 2.49. The fourth-order valence-electron chi connectivity index (χ4n) is 1.54. The lowest BCUT2D eigenvalue weighted by molar-refractivity contribution is -0.125. The fourth-order valence-corrected chi connectivity index (χ4v) is 1.54. The molecule has 0 aliphatic rings. The fraction of sp³-hybridized carbons (Fsp3) is 0.867.